The first-order valence-corrected chi connectivity index (χ1v) is 9.26. The Kier molecular flexibility index (Phi) is 9.01. The number of halogens is 2. The van der Waals surface area contributed by atoms with Crippen LogP contribution in [-0.2, 0) is 11.2 Å². The molecule has 0 unspecified atom stereocenters. The van der Waals surface area contributed by atoms with Crippen LogP contribution in [0.25, 0.3) is 0 Å². The van der Waals surface area contributed by atoms with E-state index in [1.165, 1.54) is 13.2 Å². The highest BCUT2D eigenvalue weighted by molar-refractivity contribution is 5.77. The van der Waals surface area contributed by atoms with Crippen LogP contribution in [0.4, 0.5) is 8.78 Å². The zero-order valence-corrected chi connectivity index (χ0v) is 16.5. The standard InChI is InChI=1S/C21H25F2NO5/c1-3-12-27-16-5-7-17(8-6-16)28-14-20(25)24-11-10-15-4-9-18(26-2)19(13-15)29-21(22)23/h4-9,13,21H,3,10-12,14H2,1-2H3,(H,24,25). The van der Waals surface area contributed by atoms with Crippen molar-refractivity contribution in [2.45, 2.75) is 26.4 Å². The molecule has 2 rings (SSSR count). The molecule has 1 N–H and O–H groups in total. The van der Waals surface area contributed by atoms with Crippen LogP contribution in [-0.4, -0.2) is 39.4 Å². The molecular formula is C21H25F2NO5. The molecule has 0 saturated carbocycles. The Labute approximate surface area is 168 Å². The van der Waals surface area contributed by atoms with E-state index in [0.29, 0.717) is 25.3 Å². The topological polar surface area (TPSA) is 66.0 Å². The number of hydrogen-bond donors (Lipinski definition) is 1. The van der Waals surface area contributed by atoms with Crippen molar-refractivity contribution in [3.8, 4) is 23.0 Å². The van der Waals surface area contributed by atoms with E-state index in [0.717, 1.165) is 17.7 Å². The third-order valence-electron chi connectivity index (χ3n) is 3.85. The van der Waals surface area contributed by atoms with Gasteiger partial charge in [0.05, 0.1) is 13.7 Å². The maximum Gasteiger partial charge on any atom is 0.387 e. The van der Waals surface area contributed by atoms with E-state index in [4.69, 9.17) is 14.2 Å². The van der Waals surface area contributed by atoms with Crippen LogP contribution in [0, 0.1) is 0 Å². The van der Waals surface area contributed by atoms with Gasteiger partial charge in [-0.25, -0.2) is 0 Å². The number of carbonyl (C=O) groups excluding carboxylic acids is 1. The molecule has 0 fully saturated rings. The summed E-state index contributed by atoms with van der Waals surface area (Å²) in [6, 6.07) is 11.8. The lowest BCUT2D eigenvalue weighted by molar-refractivity contribution is -0.123. The van der Waals surface area contributed by atoms with Gasteiger partial charge in [-0.1, -0.05) is 13.0 Å². The van der Waals surface area contributed by atoms with Gasteiger partial charge in [0.1, 0.15) is 11.5 Å². The van der Waals surface area contributed by atoms with E-state index in [9.17, 15) is 13.6 Å². The first kappa shape index (κ1) is 22.3. The SMILES string of the molecule is CCCOc1ccc(OCC(=O)NCCc2ccc(OC)c(OC(F)F)c2)cc1. The van der Waals surface area contributed by atoms with Crippen molar-refractivity contribution in [2.24, 2.45) is 0 Å². The van der Waals surface area contributed by atoms with Crippen LogP contribution >= 0.6 is 0 Å². The molecular weight excluding hydrogens is 384 g/mol. The summed E-state index contributed by atoms with van der Waals surface area (Å²) in [4.78, 5) is 11.9. The normalized spacial score (nSPS) is 10.5. The summed E-state index contributed by atoms with van der Waals surface area (Å²) >= 11 is 0. The van der Waals surface area contributed by atoms with Gasteiger partial charge in [0.25, 0.3) is 5.91 Å². The van der Waals surface area contributed by atoms with Crippen molar-refractivity contribution in [1.82, 2.24) is 5.32 Å². The molecule has 8 heteroatoms. The van der Waals surface area contributed by atoms with Crippen LogP contribution in [0.1, 0.15) is 18.9 Å². The molecule has 0 heterocycles. The van der Waals surface area contributed by atoms with Crippen molar-refractivity contribution in [3.63, 3.8) is 0 Å². The van der Waals surface area contributed by atoms with Crippen molar-refractivity contribution in [1.29, 1.82) is 0 Å². The van der Waals surface area contributed by atoms with E-state index in [1.807, 2.05) is 6.92 Å². The number of methoxy groups -OCH3 is 1. The van der Waals surface area contributed by atoms with Gasteiger partial charge in [0.15, 0.2) is 18.1 Å². The lowest BCUT2D eigenvalue weighted by Crippen LogP contribution is -2.30. The van der Waals surface area contributed by atoms with Crippen LogP contribution in [0.2, 0.25) is 0 Å². The van der Waals surface area contributed by atoms with E-state index >= 15 is 0 Å². The van der Waals surface area contributed by atoms with Gasteiger partial charge in [-0.15, -0.1) is 0 Å². The third-order valence-corrected chi connectivity index (χ3v) is 3.85. The van der Waals surface area contributed by atoms with Gasteiger partial charge in [-0.2, -0.15) is 8.78 Å². The Morgan fingerprint density at radius 3 is 2.34 bits per heavy atom. The molecule has 158 valence electrons. The molecule has 0 aromatic heterocycles. The lowest BCUT2D eigenvalue weighted by atomic mass is 10.1. The molecule has 0 aliphatic heterocycles. The Morgan fingerprint density at radius 1 is 1.03 bits per heavy atom. The fraction of sp³-hybridized carbons (Fsp3) is 0.381. The molecule has 29 heavy (non-hydrogen) atoms. The number of ether oxygens (including phenoxy) is 4. The van der Waals surface area contributed by atoms with Crippen molar-refractivity contribution in [3.05, 3.63) is 48.0 Å². The Morgan fingerprint density at radius 2 is 1.72 bits per heavy atom. The summed E-state index contributed by atoms with van der Waals surface area (Å²) in [6.07, 6.45) is 1.37. The van der Waals surface area contributed by atoms with Crippen LogP contribution < -0.4 is 24.3 Å². The second kappa shape index (κ2) is 11.7. The van der Waals surface area contributed by atoms with E-state index in [2.05, 4.69) is 10.1 Å². The van der Waals surface area contributed by atoms with Gasteiger partial charge in [-0.05, 0) is 54.8 Å². The maximum absolute atomic E-state index is 12.5. The largest absolute Gasteiger partial charge is 0.494 e. The number of hydrogen-bond acceptors (Lipinski definition) is 5. The van der Waals surface area contributed by atoms with Crippen LogP contribution in [0.3, 0.4) is 0 Å². The van der Waals surface area contributed by atoms with Gasteiger partial charge >= 0.3 is 6.61 Å². The van der Waals surface area contributed by atoms with Gasteiger partial charge in [0, 0.05) is 6.54 Å². The number of amides is 1. The Bertz CT molecular complexity index is 768. The first-order chi connectivity index (χ1) is 14.0. The Hall–Kier alpha value is -3.03. The van der Waals surface area contributed by atoms with Gasteiger partial charge in [0.2, 0.25) is 0 Å². The van der Waals surface area contributed by atoms with E-state index < -0.39 is 6.61 Å². The molecule has 0 aliphatic rings. The molecule has 0 atom stereocenters. The third kappa shape index (κ3) is 7.85. The molecule has 6 nitrogen and oxygen atoms in total. The summed E-state index contributed by atoms with van der Waals surface area (Å²) in [5, 5.41) is 2.72. The second-order valence-corrected chi connectivity index (χ2v) is 6.07. The fourth-order valence-electron chi connectivity index (χ4n) is 2.46. The average molecular weight is 409 g/mol. The molecule has 0 aliphatic carbocycles. The number of benzene rings is 2. The zero-order chi connectivity index (χ0) is 21.1. The minimum atomic E-state index is -2.94. The lowest BCUT2D eigenvalue weighted by Gasteiger charge is -2.12. The van der Waals surface area contributed by atoms with Crippen molar-refractivity contribution >= 4 is 5.91 Å². The highest BCUT2D eigenvalue weighted by atomic mass is 19.3. The van der Waals surface area contributed by atoms with Gasteiger partial charge < -0.3 is 24.3 Å². The van der Waals surface area contributed by atoms with Crippen LogP contribution in [0.15, 0.2) is 42.5 Å². The molecule has 0 saturated heterocycles. The first-order valence-electron chi connectivity index (χ1n) is 9.26. The second-order valence-electron chi connectivity index (χ2n) is 6.07. The number of carbonyl (C=O) groups is 1. The fourth-order valence-corrected chi connectivity index (χ4v) is 2.46. The summed E-state index contributed by atoms with van der Waals surface area (Å²) in [6.45, 7) is -0.0690. The van der Waals surface area contributed by atoms with E-state index in [-0.39, 0.29) is 24.0 Å². The zero-order valence-electron chi connectivity index (χ0n) is 16.5. The number of nitrogens with one attached hydrogen (secondary N) is 1. The minimum Gasteiger partial charge on any atom is -0.494 e. The molecule has 0 bridgehead atoms. The highest BCUT2D eigenvalue weighted by Crippen LogP contribution is 2.29. The molecule has 2 aromatic rings. The van der Waals surface area contributed by atoms with E-state index in [1.54, 1.807) is 36.4 Å². The summed E-state index contributed by atoms with van der Waals surface area (Å²) in [7, 11) is 1.37. The maximum atomic E-state index is 12.5. The quantitative estimate of drug-likeness (QED) is 0.577. The monoisotopic (exact) mass is 409 g/mol. The predicted octanol–water partition coefficient (Wildman–Crippen LogP) is 3.82. The average Bonchev–Trinajstić information content (AvgIpc) is 2.71. The molecule has 0 spiro atoms. The smallest absolute Gasteiger partial charge is 0.387 e. The Balaban J connectivity index is 1.75. The molecule has 1 amide bonds. The van der Waals surface area contributed by atoms with Crippen molar-refractivity contribution in [2.75, 3.05) is 26.9 Å². The minimum absolute atomic E-state index is 0.0407. The molecule has 0 radical (unpaired) electrons. The predicted molar refractivity (Wildman–Crippen MR) is 104 cm³/mol. The van der Waals surface area contributed by atoms with Crippen LogP contribution in [0.5, 0.6) is 23.0 Å². The number of rotatable bonds is 12. The van der Waals surface area contributed by atoms with Crippen molar-refractivity contribution < 1.29 is 32.5 Å². The molecule has 2 aromatic carbocycles. The number of alkyl halides is 2. The summed E-state index contributed by atoms with van der Waals surface area (Å²) in [5.74, 6) is 1.21. The van der Waals surface area contributed by atoms with Gasteiger partial charge in [-0.3, -0.25) is 4.79 Å². The summed E-state index contributed by atoms with van der Waals surface area (Å²) < 4.78 is 45.3. The highest BCUT2D eigenvalue weighted by Gasteiger charge is 2.11. The summed E-state index contributed by atoms with van der Waals surface area (Å²) in [5.41, 5.74) is 0.727.